The van der Waals surface area contributed by atoms with Gasteiger partial charge in [-0.15, -0.1) is 0 Å². The summed E-state index contributed by atoms with van der Waals surface area (Å²) >= 11 is 0. The molecule has 24 nitrogen and oxygen atoms in total. The van der Waals surface area contributed by atoms with Gasteiger partial charge in [-0.2, -0.15) is 0 Å². The number of carbonyl (C=O) groups is 11. The van der Waals surface area contributed by atoms with Crippen molar-refractivity contribution in [2.24, 2.45) is 17.6 Å². The first-order valence-corrected chi connectivity index (χ1v) is 32.1. The smallest absolute Gasteiger partial charge is 0.322 e. The number of carboxylic acids is 1. The molecule has 0 heterocycles. The highest BCUT2D eigenvalue weighted by Gasteiger charge is 2.37. The summed E-state index contributed by atoms with van der Waals surface area (Å²) in [4.78, 5) is 140. The summed E-state index contributed by atoms with van der Waals surface area (Å²) in [5, 5.41) is 57.5. The summed E-state index contributed by atoms with van der Waals surface area (Å²) in [6.45, 7) is 2.36. The number of aliphatic carboxylic acids is 1. The number of carbonyl (C=O) groups excluding carboxylic acids is 10. The molecule has 0 spiro atoms. The van der Waals surface area contributed by atoms with Crippen LogP contribution in [0.5, 0.6) is 0 Å². The number of carboxylic acid groups (broad SMARTS) is 1. The third kappa shape index (κ3) is 23.1. The van der Waals surface area contributed by atoms with Crippen molar-refractivity contribution >= 4 is 102 Å². The van der Waals surface area contributed by atoms with Crippen LogP contribution in [0, 0.1) is 11.8 Å². The van der Waals surface area contributed by atoms with E-state index in [-0.39, 0.29) is 37.5 Å². The van der Waals surface area contributed by atoms with E-state index < -0.39 is 132 Å². The quantitative estimate of drug-likeness (QED) is 0.0283. The van der Waals surface area contributed by atoms with E-state index in [0.717, 1.165) is 84.0 Å². The van der Waals surface area contributed by atoms with Gasteiger partial charge >= 0.3 is 5.97 Å². The van der Waals surface area contributed by atoms with Gasteiger partial charge in [-0.1, -0.05) is 180 Å². The fourth-order valence-corrected chi connectivity index (χ4v) is 12.1. The minimum atomic E-state index is -1.76. The molecule has 5 aromatic rings. The van der Waals surface area contributed by atoms with Crippen LogP contribution < -0.4 is 53.6 Å². The van der Waals surface area contributed by atoms with E-state index in [2.05, 4.69) is 47.9 Å². The lowest BCUT2D eigenvalue weighted by Gasteiger charge is -2.32. The Balaban J connectivity index is 0.000000305. The van der Waals surface area contributed by atoms with E-state index in [4.69, 9.17) is 26.5 Å². The number of nitrogens with two attached hydrogens (primary N) is 1. The van der Waals surface area contributed by atoms with E-state index in [9.17, 15) is 63.0 Å². The average Bonchev–Trinajstić information content (AvgIpc) is 0.919. The number of aliphatic hydroxyl groups excluding tert-OH is 2. The molecule has 2 aliphatic rings. The topological polar surface area (TPSA) is 383 Å². The fraction of sp³-hybridized carbons (Fsp3) is 0.456. The Morgan fingerprint density at radius 1 is 0.468 bits per heavy atom. The number of amides is 10. The van der Waals surface area contributed by atoms with Crippen LogP contribution in [0.15, 0.2) is 115 Å². The van der Waals surface area contributed by atoms with Crippen LogP contribution in [0.1, 0.15) is 126 Å². The Hall–Kier alpha value is -9.16. The maximum absolute atomic E-state index is 14.0. The number of fused-ring (bicyclic) bond motifs is 2. The molecule has 94 heavy (non-hydrogen) atoms. The van der Waals surface area contributed by atoms with Crippen molar-refractivity contribution in [3.63, 3.8) is 0 Å². The predicted octanol–water partition coefficient (Wildman–Crippen LogP) is 3.34. The lowest BCUT2D eigenvalue weighted by atomic mass is 9.83. The van der Waals surface area contributed by atoms with Gasteiger partial charge in [-0.05, 0) is 88.6 Å². The van der Waals surface area contributed by atoms with Gasteiger partial charge in [0.25, 0.3) is 11.8 Å². The van der Waals surface area contributed by atoms with Gasteiger partial charge in [-0.3, -0.25) is 52.7 Å². The molecule has 10 amide bonds. The molecular formula is C68H86B2N10O14. The summed E-state index contributed by atoms with van der Waals surface area (Å²) in [5.74, 6) is -9.04. The van der Waals surface area contributed by atoms with Crippen molar-refractivity contribution in [1.82, 2.24) is 47.9 Å². The summed E-state index contributed by atoms with van der Waals surface area (Å²) in [6.07, 6.45) is 6.65. The lowest BCUT2D eigenvalue weighted by Crippen LogP contribution is -2.59. The van der Waals surface area contributed by atoms with Gasteiger partial charge in [0.1, 0.15) is 36.8 Å². The SMILES string of the molecule is [B]C(=O)N[C@H](C(=O)N[C@@H](Cc1ccc2ccccc2c1)C(=O)NC(CCC)C(O)C(=O)NCC(=O)N[C@H](C(N)=O)c1ccccc1)C1CCCCC1.[B]C(=O)N[C@H](C(=O)N[C@@H](Cc1ccc2ccccc2c1)C(=O)NC(CCC)C(O)C(=O)NCC(=O)O)C1CCCCC1. The molecule has 5 aromatic carbocycles. The second-order valence-electron chi connectivity index (χ2n) is 24.0. The zero-order valence-corrected chi connectivity index (χ0v) is 53.1. The number of hydrogen-bond acceptors (Lipinski definition) is 13. The van der Waals surface area contributed by atoms with Crippen LogP contribution in [-0.4, -0.2) is 157 Å². The third-order valence-corrected chi connectivity index (χ3v) is 16.9. The summed E-state index contributed by atoms with van der Waals surface area (Å²) in [6, 6.07) is 27.7. The van der Waals surface area contributed by atoms with Gasteiger partial charge in [0, 0.05) is 12.8 Å². The molecule has 0 aromatic heterocycles. The van der Waals surface area contributed by atoms with Crippen LogP contribution >= 0.6 is 0 Å². The van der Waals surface area contributed by atoms with Crippen LogP contribution in [0.4, 0.5) is 9.59 Å². The standard InChI is InChI=1S/C38H47BN6O7.C30H39BN4O7/c1-2-11-28(33(47)37(51)41-22-30(46)44-31(34(40)48)25-13-5-3-6-14-25)42-35(49)29(21-23-18-19-24-12-9-10-17-27(24)20-23)43-36(50)32(45-38(39)52)26-15-7-4-8-16-26;1-2-8-22(26(38)29(41)32-17-24(36)37)33-27(39)23(16-18-13-14-19-9-6-7-12-21(19)15-18)34-28(40)25(35-30(31)42)20-10-4-3-5-11-20/h3,5-6,9-10,12-14,17-20,26,28-29,31-33,47H,2,4,7-8,11,15-16,21-22H2,1H3,(H2,40,48)(H,41,51)(H,42,49)(H,43,50)(H,44,46)(H,45,52);6-7,9,12-15,20,22-23,25-26,38H,2-5,8,10-11,16-17H2,1H3,(H,32,41)(H,33,39)(H,34,40)(H,35,42)(H,36,37)/t28?,29-,31-,32-,33?;22?,23-,25-,26?/m00/s1. The predicted molar refractivity (Wildman–Crippen MR) is 354 cm³/mol. The van der Waals surface area contributed by atoms with E-state index in [1.165, 1.54) is 0 Å². The monoisotopic (exact) mass is 1290 g/mol. The molecule has 2 saturated carbocycles. The minimum Gasteiger partial charge on any atom is -0.480 e. The highest BCUT2D eigenvalue weighted by Crippen LogP contribution is 2.29. The van der Waals surface area contributed by atoms with Gasteiger partial charge in [0.2, 0.25) is 51.1 Å². The second kappa shape index (κ2) is 37.5. The summed E-state index contributed by atoms with van der Waals surface area (Å²) < 4.78 is 0. The Bertz CT molecular complexity index is 3420. The van der Waals surface area contributed by atoms with Crippen LogP contribution in [0.3, 0.4) is 0 Å². The van der Waals surface area contributed by atoms with Crippen LogP contribution in [0.25, 0.3) is 21.5 Å². The molecular weight excluding hydrogens is 1200 g/mol. The van der Waals surface area contributed by atoms with Crippen LogP contribution in [0.2, 0.25) is 0 Å². The number of benzene rings is 5. The fourth-order valence-electron chi connectivity index (χ4n) is 12.1. The minimum absolute atomic E-state index is 0.0696. The Kier molecular flexibility index (Phi) is 29.5. The van der Waals surface area contributed by atoms with Crippen molar-refractivity contribution < 1.29 is 68.1 Å². The Morgan fingerprint density at radius 2 is 0.862 bits per heavy atom. The molecule has 9 atom stereocenters. The number of aliphatic hydroxyl groups is 2. The largest absolute Gasteiger partial charge is 0.480 e. The van der Waals surface area contributed by atoms with E-state index in [1.54, 1.807) is 37.3 Å². The number of primary amides is 1. The third-order valence-electron chi connectivity index (χ3n) is 16.9. The van der Waals surface area contributed by atoms with Gasteiger partial charge < -0.3 is 68.9 Å². The Labute approximate surface area is 549 Å². The molecule has 26 heteroatoms. The summed E-state index contributed by atoms with van der Waals surface area (Å²) in [7, 11) is 10.8. The highest BCUT2D eigenvalue weighted by molar-refractivity contribution is 6.57. The first-order chi connectivity index (χ1) is 45.0. The first-order valence-electron chi connectivity index (χ1n) is 32.1. The van der Waals surface area contributed by atoms with Crippen molar-refractivity contribution in [2.75, 3.05) is 13.1 Å². The van der Waals surface area contributed by atoms with Gasteiger partial charge in [-0.25, -0.2) is 0 Å². The first kappa shape index (κ1) is 73.9. The number of hydrogen-bond donors (Lipinski definition) is 13. The molecule has 2 fully saturated rings. The Morgan fingerprint density at radius 3 is 1.24 bits per heavy atom. The number of rotatable bonds is 31. The molecule has 498 valence electrons. The zero-order chi connectivity index (χ0) is 68.3. The van der Waals surface area contributed by atoms with Crippen molar-refractivity contribution in [3.05, 3.63) is 132 Å². The van der Waals surface area contributed by atoms with Gasteiger partial charge in [0.05, 0.1) is 18.6 Å². The molecule has 4 radical (unpaired) electrons. The molecule has 0 aliphatic heterocycles. The normalized spacial score (nSPS) is 16.2. The highest BCUT2D eigenvalue weighted by atomic mass is 16.4. The van der Waals surface area contributed by atoms with E-state index in [0.29, 0.717) is 31.2 Å². The molecule has 2 aliphatic carbocycles. The van der Waals surface area contributed by atoms with Crippen molar-refractivity contribution in [2.45, 2.75) is 171 Å². The average molecular weight is 1290 g/mol. The van der Waals surface area contributed by atoms with Crippen molar-refractivity contribution in [1.29, 1.82) is 0 Å². The maximum atomic E-state index is 14.0. The molecule has 4 unspecified atom stereocenters. The molecule has 0 saturated heterocycles. The second-order valence-corrected chi connectivity index (χ2v) is 24.0. The van der Waals surface area contributed by atoms with Gasteiger partial charge in [0.15, 0.2) is 23.8 Å². The van der Waals surface area contributed by atoms with Crippen molar-refractivity contribution in [3.8, 4) is 0 Å². The van der Waals surface area contributed by atoms with E-state index in [1.807, 2.05) is 91.9 Å². The van der Waals surface area contributed by atoms with E-state index >= 15 is 0 Å². The van der Waals surface area contributed by atoms with Crippen LogP contribution in [-0.2, 0) is 56.0 Å². The summed E-state index contributed by atoms with van der Waals surface area (Å²) in [5.41, 5.74) is 7.44. The lowest BCUT2D eigenvalue weighted by molar-refractivity contribution is -0.140. The zero-order valence-electron chi connectivity index (χ0n) is 53.1. The maximum Gasteiger partial charge on any atom is 0.322 e. The molecule has 7 rings (SSSR count). The molecule has 0 bridgehead atoms. The number of nitrogens with one attached hydrogen (secondary N) is 9. The molecule has 14 N–H and O–H groups in total.